The molecule has 4 nitrogen and oxygen atoms in total. The topological polar surface area (TPSA) is 55.6 Å². The zero-order valence-corrected chi connectivity index (χ0v) is 12.3. The van der Waals surface area contributed by atoms with E-state index in [1.165, 1.54) is 26.4 Å². The van der Waals surface area contributed by atoms with Gasteiger partial charge in [0.05, 0.1) is 7.11 Å². The number of hydrogen-bond donors (Lipinski definition) is 1. The Morgan fingerprint density at radius 2 is 2.16 bits per heavy atom. The Hall–Kier alpha value is -0.610. The number of likely N-dealkylation sites (tertiary alicyclic amines) is 1. The van der Waals surface area contributed by atoms with E-state index < -0.39 is 0 Å². The van der Waals surface area contributed by atoms with Crippen LogP contribution in [0.5, 0.6) is 0 Å². The first-order valence-corrected chi connectivity index (χ1v) is 7.70. The van der Waals surface area contributed by atoms with Crippen LogP contribution in [0.1, 0.15) is 45.4 Å². The number of piperidine rings is 1. The van der Waals surface area contributed by atoms with E-state index in [4.69, 9.17) is 10.5 Å². The van der Waals surface area contributed by atoms with E-state index in [9.17, 15) is 4.79 Å². The Morgan fingerprint density at radius 3 is 2.74 bits per heavy atom. The number of hydrogen-bond acceptors (Lipinski definition) is 4. The molecule has 3 unspecified atom stereocenters. The molecule has 0 aromatic carbocycles. The van der Waals surface area contributed by atoms with Gasteiger partial charge in [0.1, 0.15) is 0 Å². The number of nitrogens with two attached hydrogens (primary N) is 1. The number of esters is 1. The van der Waals surface area contributed by atoms with Gasteiger partial charge < -0.3 is 10.5 Å². The van der Waals surface area contributed by atoms with Gasteiger partial charge in [-0.05, 0) is 43.9 Å². The number of nitrogens with zero attached hydrogens (tertiary/aromatic N) is 1. The van der Waals surface area contributed by atoms with E-state index in [1.807, 2.05) is 0 Å². The van der Waals surface area contributed by atoms with Gasteiger partial charge in [-0.15, -0.1) is 0 Å². The van der Waals surface area contributed by atoms with Crippen molar-refractivity contribution in [2.75, 3.05) is 20.2 Å². The van der Waals surface area contributed by atoms with Gasteiger partial charge in [-0.2, -0.15) is 0 Å². The van der Waals surface area contributed by atoms with Crippen LogP contribution in [-0.4, -0.2) is 43.2 Å². The molecule has 0 amide bonds. The maximum Gasteiger partial charge on any atom is 0.305 e. The summed E-state index contributed by atoms with van der Waals surface area (Å²) in [6, 6.07) is 0.983. The highest BCUT2D eigenvalue weighted by Gasteiger charge is 2.37. The summed E-state index contributed by atoms with van der Waals surface area (Å²) < 4.78 is 4.73. The molecule has 1 aliphatic heterocycles. The summed E-state index contributed by atoms with van der Waals surface area (Å²) in [5.74, 6) is 1.35. The molecule has 0 aromatic rings. The molecule has 4 heteroatoms. The molecule has 2 fully saturated rings. The molecule has 0 spiro atoms. The second-order valence-electron chi connectivity index (χ2n) is 6.24. The quantitative estimate of drug-likeness (QED) is 0.746. The van der Waals surface area contributed by atoms with Crippen molar-refractivity contribution in [2.24, 2.45) is 17.6 Å². The summed E-state index contributed by atoms with van der Waals surface area (Å²) in [6.45, 7) is 4.43. The molecule has 2 N–H and O–H groups in total. The highest BCUT2D eigenvalue weighted by Crippen LogP contribution is 2.38. The van der Waals surface area contributed by atoms with E-state index in [-0.39, 0.29) is 12.0 Å². The lowest BCUT2D eigenvalue weighted by molar-refractivity contribution is -0.141. The van der Waals surface area contributed by atoms with Crippen molar-refractivity contribution >= 4 is 5.97 Å². The molecule has 1 aliphatic carbocycles. The second-order valence-corrected chi connectivity index (χ2v) is 6.24. The Labute approximate surface area is 116 Å². The Bertz CT molecular complexity index is 305. The molecule has 3 atom stereocenters. The third kappa shape index (κ3) is 4.18. The summed E-state index contributed by atoms with van der Waals surface area (Å²) in [7, 11) is 1.46. The van der Waals surface area contributed by atoms with Crippen LogP contribution in [0.4, 0.5) is 0 Å². The molecule has 110 valence electrons. The van der Waals surface area contributed by atoms with Crippen molar-refractivity contribution in [3.63, 3.8) is 0 Å². The molecule has 0 radical (unpaired) electrons. The molecule has 1 saturated carbocycles. The van der Waals surface area contributed by atoms with Crippen LogP contribution in [0.2, 0.25) is 0 Å². The Balaban J connectivity index is 1.85. The Kier molecular flexibility index (Phi) is 5.22. The van der Waals surface area contributed by atoms with Crippen LogP contribution < -0.4 is 5.73 Å². The van der Waals surface area contributed by atoms with Crippen molar-refractivity contribution in [1.29, 1.82) is 0 Å². The summed E-state index contributed by atoms with van der Waals surface area (Å²) in [5, 5.41) is 0. The van der Waals surface area contributed by atoms with Crippen LogP contribution in [0.3, 0.4) is 0 Å². The van der Waals surface area contributed by atoms with Gasteiger partial charge in [0.25, 0.3) is 0 Å². The van der Waals surface area contributed by atoms with Gasteiger partial charge in [0.2, 0.25) is 0 Å². The molecule has 2 rings (SSSR count). The minimum Gasteiger partial charge on any atom is -0.469 e. The van der Waals surface area contributed by atoms with Crippen molar-refractivity contribution < 1.29 is 9.53 Å². The summed E-state index contributed by atoms with van der Waals surface area (Å²) in [4.78, 5) is 13.8. The summed E-state index contributed by atoms with van der Waals surface area (Å²) in [5.41, 5.74) is 6.21. The molecule has 19 heavy (non-hydrogen) atoms. The zero-order valence-electron chi connectivity index (χ0n) is 12.3. The summed E-state index contributed by atoms with van der Waals surface area (Å²) >= 11 is 0. The molecular weight excluding hydrogens is 240 g/mol. The first kappa shape index (κ1) is 14.8. The third-order valence-electron chi connectivity index (χ3n) is 4.64. The lowest BCUT2D eigenvalue weighted by atomic mass is 9.89. The van der Waals surface area contributed by atoms with Crippen molar-refractivity contribution in [3.8, 4) is 0 Å². The number of carbonyl (C=O) groups is 1. The highest BCUT2D eigenvalue weighted by molar-refractivity contribution is 5.69. The first-order valence-electron chi connectivity index (χ1n) is 7.70. The van der Waals surface area contributed by atoms with Crippen LogP contribution in [0, 0.1) is 11.8 Å². The predicted molar refractivity (Wildman–Crippen MR) is 75.7 cm³/mol. The fraction of sp³-hybridized carbons (Fsp3) is 0.933. The number of ether oxygens (including phenoxy) is 1. The van der Waals surface area contributed by atoms with Gasteiger partial charge in [0, 0.05) is 31.6 Å². The summed E-state index contributed by atoms with van der Waals surface area (Å²) in [6.07, 6.45) is 6.49. The largest absolute Gasteiger partial charge is 0.469 e. The standard InChI is InChI=1S/C15H28N2O2/c1-3-14(12-5-6-12)17-9-11(8-13(16)10-17)4-7-15(18)19-2/h11-14H,3-10,16H2,1-2H3. The number of carbonyl (C=O) groups excluding carboxylic acids is 1. The van der Waals surface area contributed by atoms with Gasteiger partial charge >= 0.3 is 5.97 Å². The molecule has 0 aromatic heterocycles. The van der Waals surface area contributed by atoms with E-state index in [0.717, 1.165) is 31.8 Å². The SMILES string of the molecule is CCC(C1CC1)N1CC(N)CC(CCC(=O)OC)C1. The Morgan fingerprint density at radius 1 is 1.42 bits per heavy atom. The van der Waals surface area contributed by atoms with Gasteiger partial charge in [0.15, 0.2) is 0 Å². The zero-order chi connectivity index (χ0) is 13.8. The monoisotopic (exact) mass is 268 g/mol. The van der Waals surface area contributed by atoms with Crippen LogP contribution in [0.15, 0.2) is 0 Å². The average Bonchev–Trinajstić information content (AvgIpc) is 3.21. The average molecular weight is 268 g/mol. The van der Waals surface area contributed by atoms with E-state index in [1.54, 1.807) is 0 Å². The van der Waals surface area contributed by atoms with Crippen LogP contribution in [-0.2, 0) is 9.53 Å². The minimum absolute atomic E-state index is 0.0973. The van der Waals surface area contributed by atoms with E-state index in [2.05, 4.69) is 11.8 Å². The van der Waals surface area contributed by atoms with E-state index >= 15 is 0 Å². The molecule has 1 heterocycles. The third-order valence-corrected chi connectivity index (χ3v) is 4.64. The van der Waals surface area contributed by atoms with Gasteiger partial charge in [-0.1, -0.05) is 6.92 Å². The number of methoxy groups -OCH3 is 1. The first-order chi connectivity index (χ1) is 9.13. The minimum atomic E-state index is -0.0973. The van der Waals surface area contributed by atoms with Crippen molar-refractivity contribution in [3.05, 3.63) is 0 Å². The van der Waals surface area contributed by atoms with Crippen LogP contribution in [0.25, 0.3) is 0 Å². The molecule has 1 saturated heterocycles. The van der Waals surface area contributed by atoms with Crippen LogP contribution >= 0.6 is 0 Å². The predicted octanol–water partition coefficient (Wildman–Crippen LogP) is 1.78. The smallest absolute Gasteiger partial charge is 0.305 e. The van der Waals surface area contributed by atoms with Crippen molar-refractivity contribution in [2.45, 2.75) is 57.5 Å². The second kappa shape index (κ2) is 6.71. The lowest BCUT2D eigenvalue weighted by Gasteiger charge is -2.41. The fourth-order valence-corrected chi connectivity index (χ4v) is 3.56. The van der Waals surface area contributed by atoms with Gasteiger partial charge in [-0.3, -0.25) is 9.69 Å². The lowest BCUT2D eigenvalue weighted by Crippen LogP contribution is -2.51. The molecular formula is C15H28N2O2. The van der Waals surface area contributed by atoms with E-state index in [0.29, 0.717) is 18.4 Å². The van der Waals surface area contributed by atoms with Crippen molar-refractivity contribution in [1.82, 2.24) is 4.90 Å². The highest BCUT2D eigenvalue weighted by atomic mass is 16.5. The molecule has 2 aliphatic rings. The fourth-order valence-electron chi connectivity index (χ4n) is 3.56. The maximum atomic E-state index is 11.3. The normalized spacial score (nSPS) is 30.1. The maximum absolute atomic E-state index is 11.3. The van der Waals surface area contributed by atoms with Gasteiger partial charge in [-0.25, -0.2) is 0 Å². The molecule has 0 bridgehead atoms. The number of rotatable bonds is 6.